The van der Waals surface area contributed by atoms with Crippen molar-refractivity contribution in [2.24, 2.45) is 5.92 Å². The van der Waals surface area contributed by atoms with Crippen molar-refractivity contribution in [2.75, 3.05) is 19.6 Å². The molecule has 1 rings (SSSR count). The zero-order valence-corrected chi connectivity index (χ0v) is 13.0. The third-order valence-electron chi connectivity index (χ3n) is 4.58. The maximum absolute atomic E-state index is 3.79. The average molecular weight is 254 g/mol. The molecule has 0 aromatic heterocycles. The first-order valence-corrected chi connectivity index (χ1v) is 8.14. The lowest BCUT2D eigenvalue weighted by Crippen LogP contribution is -2.45. The third kappa shape index (κ3) is 5.71. The van der Waals surface area contributed by atoms with Crippen LogP contribution in [0.3, 0.4) is 0 Å². The van der Waals surface area contributed by atoms with Gasteiger partial charge in [-0.3, -0.25) is 4.90 Å². The topological polar surface area (TPSA) is 15.3 Å². The maximum atomic E-state index is 3.79. The van der Waals surface area contributed by atoms with Crippen molar-refractivity contribution in [3.8, 4) is 0 Å². The van der Waals surface area contributed by atoms with E-state index < -0.39 is 0 Å². The molecule has 18 heavy (non-hydrogen) atoms. The summed E-state index contributed by atoms with van der Waals surface area (Å²) < 4.78 is 0. The standard InChI is InChI=1S/C16H34N2/c1-5-14(3)13-18(6-2)15(4)12-17-16-10-8-7-9-11-16/h14-17H,5-13H2,1-4H3. The van der Waals surface area contributed by atoms with Gasteiger partial charge in [-0.25, -0.2) is 0 Å². The predicted octanol–water partition coefficient (Wildman–Crippen LogP) is 3.67. The zero-order chi connectivity index (χ0) is 13.4. The van der Waals surface area contributed by atoms with Crippen molar-refractivity contribution in [3.63, 3.8) is 0 Å². The van der Waals surface area contributed by atoms with Crippen LogP contribution in [-0.4, -0.2) is 36.6 Å². The van der Waals surface area contributed by atoms with Gasteiger partial charge in [0.1, 0.15) is 0 Å². The van der Waals surface area contributed by atoms with E-state index in [-0.39, 0.29) is 0 Å². The molecule has 0 aliphatic heterocycles. The minimum absolute atomic E-state index is 0.672. The first-order valence-electron chi connectivity index (χ1n) is 8.14. The average Bonchev–Trinajstić information content (AvgIpc) is 2.42. The molecule has 1 N–H and O–H groups in total. The Bertz CT molecular complexity index is 199. The van der Waals surface area contributed by atoms with Crippen LogP contribution < -0.4 is 5.32 Å². The van der Waals surface area contributed by atoms with Gasteiger partial charge in [0.15, 0.2) is 0 Å². The largest absolute Gasteiger partial charge is 0.312 e. The van der Waals surface area contributed by atoms with Crippen molar-refractivity contribution >= 4 is 0 Å². The van der Waals surface area contributed by atoms with Crippen molar-refractivity contribution < 1.29 is 0 Å². The Morgan fingerprint density at radius 2 is 1.78 bits per heavy atom. The molecule has 2 nitrogen and oxygen atoms in total. The Morgan fingerprint density at radius 3 is 2.33 bits per heavy atom. The first-order chi connectivity index (χ1) is 8.67. The fraction of sp³-hybridized carbons (Fsp3) is 1.00. The summed E-state index contributed by atoms with van der Waals surface area (Å²) in [6.07, 6.45) is 8.38. The van der Waals surface area contributed by atoms with Crippen LogP contribution in [0, 0.1) is 5.92 Å². The molecule has 1 aliphatic carbocycles. The highest BCUT2D eigenvalue weighted by Gasteiger charge is 2.17. The van der Waals surface area contributed by atoms with Crippen LogP contribution in [0.25, 0.3) is 0 Å². The van der Waals surface area contributed by atoms with Crippen LogP contribution in [0.15, 0.2) is 0 Å². The van der Waals surface area contributed by atoms with E-state index in [1.807, 2.05) is 0 Å². The van der Waals surface area contributed by atoms with E-state index in [0.29, 0.717) is 6.04 Å². The second kappa shape index (κ2) is 8.92. The van der Waals surface area contributed by atoms with Gasteiger partial charge in [-0.05, 0) is 32.2 Å². The lowest BCUT2D eigenvalue weighted by molar-refractivity contribution is 0.179. The van der Waals surface area contributed by atoms with E-state index in [0.717, 1.165) is 18.5 Å². The number of hydrogen-bond acceptors (Lipinski definition) is 2. The van der Waals surface area contributed by atoms with Gasteiger partial charge in [0.05, 0.1) is 0 Å². The van der Waals surface area contributed by atoms with Crippen LogP contribution in [0.1, 0.15) is 66.2 Å². The monoisotopic (exact) mass is 254 g/mol. The molecule has 0 heterocycles. The maximum Gasteiger partial charge on any atom is 0.0192 e. The number of hydrogen-bond donors (Lipinski definition) is 1. The van der Waals surface area contributed by atoms with Crippen LogP contribution in [-0.2, 0) is 0 Å². The van der Waals surface area contributed by atoms with Gasteiger partial charge < -0.3 is 5.32 Å². The molecular formula is C16H34N2. The highest BCUT2D eigenvalue weighted by Crippen LogP contribution is 2.17. The second-order valence-corrected chi connectivity index (χ2v) is 6.19. The van der Waals surface area contributed by atoms with E-state index in [1.54, 1.807) is 0 Å². The normalized spacial score (nSPS) is 21.2. The summed E-state index contributed by atoms with van der Waals surface area (Å²) in [6.45, 7) is 12.9. The summed E-state index contributed by atoms with van der Waals surface area (Å²) in [7, 11) is 0. The van der Waals surface area contributed by atoms with Crippen LogP contribution in [0.2, 0.25) is 0 Å². The van der Waals surface area contributed by atoms with E-state index in [1.165, 1.54) is 51.6 Å². The molecule has 2 unspecified atom stereocenters. The minimum atomic E-state index is 0.672. The molecule has 0 bridgehead atoms. The molecule has 0 aromatic rings. The summed E-state index contributed by atoms with van der Waals surface area (Å²) in [5.74, 6) is 0.821. The van der Waals surface area contributed by atoms with Gasteiger partial charge >= 0.3 is 0 Å². The second-order valence-electron chi connectivity index (χ2n) is 6.19. The molecule has 0 saturated heterocycles. The highest BCUT2D eigenvalue weighted by molar-refractivity contribution is 4.76. The predicted molar refractivity (Wildman–Crippen MR) is 81.0 cm³/mol. The third-order valence-corrected chi connectivity index (χ3v) is 4.58. The van der Waals surface area contributed by atoms with E-state index in [4.69, 9.17) is 0 Å². The van der Waals surface area contributed by atoms with Crippen LogP contribution in [0.4, 0.5) is 0 Å². The first kappa shape index (κ1) is 16.0. The van der Waals surface area contributed by atoms with Crippen molar-refractivity contribution in [2.45, 2.75) is 78.3 Å². The number of nitrogens with zero attached hydrogens (tertiary/aromatic N) is 1. The molecular weight excluding hydrogens is 220 g/mol. The van der Waals surface area contributed by atoms with Gasteiger partial charge in [-0.1, -0.05) is 46.5 Å². The Balaban J connectivity index is 2.25. The lowest BCUT2D eigenvalue weighted by Gasteiger charge is -2.32. The van der Waals surface area contributed by atoms with E-state index >= 15 is 0 Å². The fourth-order valence-corrected chi connectivity index (χ4v) is 2.92. The molecule has 2 atom stereocenters. The Morgan fingerprint density at radius 1 is 1.11 bits per heavy atom. The zero-order valence-electron chi connectivity index (χ0n) is 13.0. The summed E-state index contributed by atoms with van der Waals surface area (Å²) in [5, 5.41) is 3.79. The molecule has 0 spiro atoms. The molecule has 2 heteroatoms. The Hall–Kier alpha value is -0.0800. The number of likely N-dealkylation sites (N-methyl/N-ethyl adjacent to an activating group) is 1. The minimum Gasteiger partial charge on any atom is -0.312 e. The number of rotatable bonds is 8. The Labute approximate surface area is 115 Å². The van der Waals surface area contributed by atoms with Gasteiger partial charge in [0.2, 0.25) is 0 Å². The SMILES string of the molecule is CCC(C)CN(CC)C(C)CNC1CCCCC1. The fourth-order valence-electron chi connectivity index (χ4n) is 2.92. The summed E-state index contributed by atoms with van der Waals surface area (Å²) in [5.41, 5.74) is 0. The molecule has 1 saturated carbocycles. The van der Waals surface area contributed by atoms with Crippen LogP contribution >= 0.6 is 0 Å². The van der Waals surface area contributed by atoms with Gasteiger partial charge in [0, 0.05) is 25.2 Å². The lowest BCUT2D eigenvalue weighted by atomic mass is 9.95. The molecule has 0 amide bonds. The molecule has 108 valence electrons. The smallest absolute Gasteiger partial charge is 0.0192 e. The van der Waals surface area contributed by atoms with Crippen molar-refractivity contribution in [1.29, 1.82) is 0 Å². The molecule has 0 radical (unpaired) electrons. The van der Waals surface area contributed by atoms with Crippen molar-refractivity contribution in [1.82, 2.24) is 10.2 Å². The summed E-state index contributed by atoms with van der Waals surface area (Å²) in [4.78, 5) is 2.63. The van der Waals surface area contributed by atoms with Crippen molar-refractivity contribution in [3.05, 3.63) is 0 Å². The molecule has 1 aliphatic rings. The highest BCUT2D eigenvalue weighted by atomic mass is 15.2. The van der Waals surface area contributed by atoms with Gasteiger partial charge in [-0.15, -0.1) is 0 Å². The Kier molecular flexibility index (Phi) is 7.92. The van der Waals surface area contributed by atoms with Gasteiger partial charge in [-0.2, -0.15) is 0 Å². The number of nitrogens with one attached hydrogen (secondary N) is 1. The summed E-state index contributed by atoms with van der Waals surface area (Å²) in [6, 6.07) is 1.47. The molecule has 0 aromatic carbocycles. The van der Waals surface area contributed by atoms with Gasteiger partial charge in [0.25, 0.3) is 0 Å². The summed E-state index contributed by atoms with van der Waals surface area (Å²) >= 11 is 0. The van der Waals surface area contributed by atoms with Crippen LogP contribution in [0.5, 0.6) is 0 Å². The van der Waals surface area contributed by atoms with E-state index in [9.17, 15) is 0 Å². The quantitative estimate of drug-likeness (QED) is 0.711. The molecule has 1 fully saturated rings. The van der Waals surface area contributed by atoms with E-state index in [2.05, 4.69) is 37.9 Å².